The molecule has 4 nitrogen and oxygen atoms in total. The van der Waals surface area contributed by atoms with Crippen LogP contribution in [0.2, 0.25) is 0 Å². The first-order valence-corrected chi connectivity index (χ1v) is 5.92. The number of aliphatic hydroxyl groups is 1. The Morgan fingerprint density at radius 2 is 2.13 bits per heavy atom. The molecule has 1 saturated heterocycles. The van der Waals surface area contributed by atoms with Crippen molar-refractivity contribution in [1.82, 2.24) is 10.2 Å². The third kappa shape index (κ3) is 5.47. The topological polar surface area (TPSA) is 44.7 Å². The van der Waals surface area contributed by atoms with Crippen molar-refractivity contribution in [2.24, 2.45) is 0 Å². The monoisotopic (exact) mass is 216 g/mol. The summed E-state index contributed by atoms with van der Waals surface area (Å²) >= 11 is 0. The van der Waals surface area contributed by atoms with Crippen LogP contribution in [0.15, 0.2) is 0 Å². The summed E-state index contributed by atoms with van der Waals surface area (Å²) in [4.78, 5) is 2.45. The Morgan fingerprint density at radius 1 is 1.40 bits per heavy atom. The Hall–Kier alpha value is -0.160. The fourth-order valence-corrected chi connectivity index (χ4v) is 1.97. The van der Waals surface area contributed by atoms with E-state index in [0.29, 0.717) is 12.6 Å². The van der Waals surface area contributed by atoms with Crippen LogP contribution < -0.4 is 5.32 Å². The largest absolute Gasteiger partial charge is 0.396 e. The van der Waals surface area contributed by atoms with E-state index in [9.17, 15) is 0 Å². The number of hydrogen-bond acceptors (Lipinski definition) is 4. The quantitative estimate of drug-likeness (QED) is 0.591. The summed E-state index contributed by atoms with van der Waals surface area (Å²) in [5.74, 6) is 0. The molecule has 0 spiro atoms. The highest BCUT2D eigenvalue weighted by molar-refractivity contribution is 4.76. The lowest BCUT2D eigenvalue weighted by atomic mass is 10.1. The SMILES string of the molecule is COCCN1CCC(NCCCO)CC1. The molecule has 1 fully saturated rings. The van der Waals surface area contributed by atoms with E-state index in [-0.39, 0.29) is 0 Å². The van der Waals surface area contributed by atoms with Gasteiger partial charge in [0, 0.05) is 26.3 Å². The van der Waals surface area contributed by atoms with Crippen molar-refractivity contribution in [3.63, 3.8) is 0 Å². The molecule has 0 aromatic heterocycles. The van der Waals surface area contributed by atoms with Crippen molar-refractivity contribution < 1.29 is 9.84 Å². The Morgan fingerprint density at radius 3 is 2.73 bits per heavy atom. The molecule has 0 radical (unpaired) electrons. The third-order valence-electron chi connectivity index (χ3n) is 2.97. The summed E-state index contributed by atoms with van der Waals surface area (Å²) in [5, 5.41) is 12.2. The maximum atomic E-state index is 8.67. The minimum Gasteiger partial charge on any atom is -0.396 e. The van der Waals surface area contributed by atoms with E-state index in [1.54, 1.807) is 7.11 Å². The van der Waals surface area contributed by atoms with Gasteiger partial charge in [0.2, 0.25) is 0 Å². The van der Waals surface area contributed by atoms with Crippen LogP contribution in [0.3, 0.4) is 0 Å². The molecule has 1 rings (SSSR count). The average Bonchev–Trinajstić information content (AvgIpc) is 2.28. The molecule has 1 aliphatic heterocycles. The molecular formula is C11H24N2O2. The van der Waals surface area contributed by atoms with Crippen LogP contribution in [-0.2, 0) is 4.74 Å². The molecule has 15 heavy (non-hydrogen) atoms. The number of methoxy groups -OCH3 is 1. The van der Waals surface area contributed by atoms with Crippen molar-refractivity contribution in [2.75, 3.05) is 46.5 Å². The van der Waals surface area contributed by atoms with Crippen LogP contribution >= 0.6 is 0 Å². The number of nitrogens with one attached hydrogen (secondary N) is 1. The molecule has 0 atom stereocenters. The van der Waals surface area contributed by atoms with Crippen LogP contribution in [0.4, 0.5) is 0 Å². The molecule has 0 aromatic carbocycles. The average molecular weight is 216 g/mol. The normalized spacial score (nSPS) is 19.6. The molecular weight excluding hydrogens is 192 g/mol. The van der Waals surface area contributed by atoms with E-state index in [4.69, 9.17) is 9.84 Å². The van der Waals surface area contributed by atoms with E-state index in [1.807, 2.05) is 0 Å². The van der Waals surface area contributed by atoms with Crippen LogP contribution in [-0.4, -0.2) is 62.6 Å². The number of hydrogen-bond donors (Lipinski definition) is 2. The number of piperidine rings is 1. The van der Waals surface area contributed by atoms with Crippen LogP contribution in [0.5, 0.6) is 0 Å². The van der Waals surface area contributed by atoms with E-state index in [1.165, 1.54) is 25.9 Å². The predicted octanol–water partition coefficient (Wildman–Crippen LogP) is 0.0692. The summed E-state index contributed by atoms with van der Waals surface area (Å²) in [6, 6.07) is 0.648. The molecule has 4 heteroatoms. The van der Waals surface area contributed by atoms with Crippen molar-refractivity contribution >= 4 is 0 Å². The Bertz CT molecular complexity index is 148. The van der Waals surface area contributed by atoms with E-state index >= 15 is 0 Å². The van der Waals surface area contributed by atoms with Gasteiger partial charge in [-0.3, -0.25) is 0 Å². The van der Waals surface area contributed by atoms with Gasteiger partial charge >= 0.3 is 0 Å². The van der Waals surface area contributed by atoms with Gasteiger partial charge in [-0.2, -0.15) is 0 Å². The zero-order valence-electron chi connectivity index (χ0n) is 9.74. The van der Waals surface area contributed by atoms with Crippen molar-refractivity contribution in [3.05, 3.63) is 0 Å². The predicted molar refractivity (Wildman–Crippen MR) is 61.0 cm³/mol. The third-order valence-corrected chi connectivity index (χ3v) is 2.97. The summed E-state index contributed by atoms with van der Waals surface area (Å²) in [7, 11) is 1.75. The number of aliphatic hydroxyl groups excluding tert-OH is 1. The molecule has 0 aliphatic carbocycles. The van der Waals surface area contributed by atoms with Crippen LogP contribution in [0.1, 0.15) is 19.3 Å². The second-order valence-corrected chi connectivity index (χ2v) is 4.14. The second-order valence-electron chi connectivity index (χ2n) is 4.14. The van der Waals surface area contributed by atoms with E-state index in [2.05, 4.69) is 10.2 Å². The minimum absolute atomic E-state index is 0.291. The molecule has 0 saturated carbocycles. The maximum Gasteiger partial charge on any atom is 0.0589 e. The number of likely N-dealkylation sites (tertiary alicyclic amines) is 1. The first-order valence-electron chi connectivity index (χ1n) is 5.92. The smallest absolute Gasteiger partial charge is 0.0589 e. The molecule has 90 valence electrons. The molecule has 0 aromatic rings. The summed E-state index contributed by atoms with van der Waals surface area (Å²) in [5.41, 5.74) is 0. The molecule has 0 unspecified atom stereocenters. The highest BCUT2D eigenvalue weighted by atomic mass is 16.5. The van der Waals surface area contributed by atoms with Crippen LogP contribution in [0.25, 0.3) is 0 Å². The van der Waals surface area contributed by atoms with Gasteiger partial charge in [-0.05, 0) is 38.9 Å². The minimum atomic E-state index is 0.291. The molecule has 1 aliphatic rings. The summed E-state index contributed by atoms with van der Waals surface area (Å²) in [6.45, 7) is 5.46. The lowest BCUT2D eigenvalue weighted by Gasteiger charge is -2.32. The second kappa shape index (κ2) is 8.05. The lowest BCUT2D eigenvalue weighted by molar-refractivity contribution is 0.126. The van der Waals surface area contributed by atoms with Crippen LogP contribution in [0, 0.1) is 0 Å². The van der Waals surface area contributed by atoms with E-state index < -0.39 is 0 Å². The standard InChI is InChI=1S/C11H24N2O2/c1-15-10-8-13-6-3-11(4-7-13)12-5-2-9-14/h11-12,14H,2-10H2,1H3. The number of nitrogens with zero attached hydrogens (tertiary/aromatic N) is 1. The van der Waals surface area contributed by atoms with Gasteiger partial charge in [0.15, 0.2) is 0 Å². The lowest BCUT2D eigenvalue weighted by Crippen LogP contribution is -2.43. The van der Waals surface area contributed by atoms with Gasteiger partial charge in [0.1, 0.15) is 0 Å². The van der Waals surface area contributed by atoms with Gasteiger partial charge in [0.25, 0.3) is 0 Å². The van der Waals surface area contributed by atoms with Gasteiger partial charge in [-0.25, -0.2) is 0 Å². The van der Waals surface area contributed by atoms with Crippen molar-refractivity contribution in [1.29, 1.82) is 0 Å². The van der Waals surface area contributed by atoms with Crippen molar-refractivity contribution in [2.45, 2.75) is 25.3 Å². The molecule has 0 amide bonds. The Labute approximate surface area is 92.6 Å². The fraction of sp³-hybridized carbons (Fsp3) is 1.00. The molecule has 0 bridgehead atoms. The van der Waals surface area contributed by atoms with Crippen molar-refractivity contribution in [3.8, 4) is 0 Å². The van der Waals surface area contributed by atoms with Gasteiger partial charge in [-0.1, -0.05) is 0 Å². The first-order chi connectivity index (χ1) is 7.36. The van der Waals surface area contributed by atoms with Gasteiger partial charge in [-0.15, -0.1) is 0 Å². The number of rotatable bonds is 7. The molecule has 2 N–H and O–H groups in total. The zero-order chi connectivity index (χ0) is 10.9. The summed E-state index contributed by atoms with van der Waals surface area (Å²) < 4.78 is 5.07. The maximum absolute atomic E-state index is 8.67. The zero-order valence-corrected chi connectivity index (χ0v) is 9.74. The Kier molecular flexibility index (Phi) is 6.92. The molecule has 1 heterocycles. The van der Waals surface area contributed by atoms with Gasteiger partial charge < -0.3 is 20.1 Å². The van der Waals surface area contributed by atoms with E-state index in [0.717, 1.165) is 26.1 Å². The Balaban J connectivity index is 2.02. The highest BCUT2D eigenvalue weighted by Gasteiger charge is 2.17. The van der Waals surface area contributed by atoms with Gasteiger partial charge in [0.05, 0.1) is 6.61 Å². The fourth-order valence-electron chi connectivity index (χ4n) is 1.97. The number of ether oxygens (including phenoxy) is 1. The summed E-state index contributed by atoms with van der Waals surface area (Å²) in [6.07, 6.45) is 3.30. The first kappa shape index (κ1) is 12.9. The highest BCUT2D eigenvalue weighted by Crippen LogP contribution is 2.09.